The Hall–Kier alpha value is -3.73. The van der Waals surface area contributed by atoms with Gasteiger partial charge in [0.2, 0.25) is 0 Å². The van der Waals surface area contributed by atoms with Crippen LogP contribution in [-0.4, -0.2) is 47.6 Å². The van der Waals surface area contributed by atoms with Gasteiger partial charge in [-0.1, -0.05) is 121 Å². The van der Waals surface area contributed by atoms with E-state index in [-0.39, 0.29) is 12.1 Å². The van der Waals surface area contributed by atoms with Crippen LogP contribution in [0, 0.1) is 0 Å². The molecule has 1 aliphatic rings. The van der Waals surface area contributed by atoms with Crippen molar-refractivity contribution < 1.29 is 9.90 Å². The summed E-state index contributed by atoms with van der Waals surface area (Å²) < 4.78 is 0. The number of aliphatic carboxylic acids is 1. The molecule has 4 nitrogen and oxygen atoms in total. The first-order valence-corrected chi connectivity index (χ1v) is 13.0. The van der Waals surface area contributed by atoms with Crippen LogP contribution in [0.1, 0.15) is 35.1 Å². The summed E-state index contributed by atoms with van der Waals surface area (Å²) in [6.45, 7) is 1.64. The van der Waals surface area contributed by atoms with Crippen LogP contribution in [0.15, 0.2) is 121 Å². The van der Waals surface area contributed by atoms with Gasteiger partial charge in [-0.15, -0.1) is 0 Å². The number of likely N-dealkylation sites (tertiary alicyclic amines) is 1. The zero-order valence-electron chi connectivity index (χ0n) is 21.3. The van der Waals surface area contributed by atoms with E-state index in [2.05, 4.69) is 120 Å². The average molecular weight is 491 g/mol. The van der Waals surface area contributed by atoms with Gasteiger partial charge in [-0.3, -0.25) is 14.6 Å². The molecule has 1 N–H and O–H groups in total. The number of carboxylic acids is 1. The zero-order chi connectivity index (χ0) is 25.7. The van der Waals surface area contributed by atoms with E-state index in [1.165, 1.54) is 22.3 Å². The second-order valence-electron chi connectivity index (χ2n) is 9.94. The van der Waals surface area contributed by atoms with E-state index in [0.29, 0.717) is 0 Å². The van der Waals surface area contributed by atoms with Gasteiger partial charge < -0.3 is 5.11 Å². The monoisotopic (exact) mass is 490 g/mol. The second-order valence-corrected chi connectivity index (χ2v) is 9.94. The van der Waals surface area contributed by atoms with Gasteiger partial charge in [-0.05, 0) is 42.1 Å². The molecule has 1 saturated heterocycles. The Balaban J connectivity index is 1.63. The zero-order valence-corrected chi connectivity index (χ0v) is 21.3. The lowest BCUT2D eigenvalue weighted by atomic mass is 9.72. The number of rotatable bonds is 8. The quantitative estimate of drug-likeness (QED) is 0.308. The largest absolute Gasteiger partial charge is 0.480 e. The maximum Gasteiger partial charge on any atom is 0.317 e. The minimum absolute atomic E-state index is 0.0100. The highest BCUT2D eigenvalue weighted by atomic mass is 16.4. The van der Waals surface area contributed by atoms with Gasteiger partial charge in [-0.25, -0.2) is 0 Å². The molecule has 0 radical (unpaired) electrons. The van der Waals surface area contributed by atoms with E-state index in [1.54, 1.807) is 0 Å². The molecule has 0 aliphatic carbocycles. The van der Waals surface area contributed by atoms with Gasteiger partial charge >= 0.3 is 5.97 Å². The summed E-state index contributed by atoms with van der Waals surface area (Å²) in [7, 11) is 1.95. The summed E-state index contributed by atoms with van der Waals surface area (Å²) in [4.78, 5) is 16.4. The number of hydrogen-bond acceptors (Lipinski definition) is 3. The summed E-state index contributed by atoms with van der Waals surface area (Å²) in [6, 6.07) is 42.7. The first-order valence-electron chi connectivity index (χ1n) is 13.0. The molecule has 4 heteroatoms. The number of hydrogen-bond donors (Lipinski definition) is 1. The van der Waals surface area contributed by atoms with Crippen molar-refractivity contribution in [3.63, 3.8) is 0 Å². The number of likely N-dealkylation sites (N-methyl/N-ethyl adjacent to an activating group) is 1. The maximum atomic E-state index is 11.8. The van der Waals surface area contributed by atoms with E-state index in [0.717, 1.165) is 25.9 Å². The molecule has 0 saturated carbocycles. The van der Waals surface area contributed by atoms with E-state index in [1.807, 2.05) is 18.0 Å². The van der Waals surface area contributed by atoms with Crippen molar-refractivity contribution in [2.75, 3.05) is 26.7 Å². The van der Waals surface area contributed by atoms with Crippen LogP contribution < -0.4 is 0 Å². The van der Waals surface area contributed by atoms with Crippen LogP contribution in [0.3, 0.4) is 0 Å². The van der Waals surface area contributed by atoms with Crippen LogP contribution >= 0.6 is 0 Å². The van der Waals surface area contributed by atoms with Gasteiger partial charge in [0.05, 0.1) is 12.1 Å². The molecule has 4 aromatic carbocycles. The van der Waals surface area contributed by atoms with Crippen molar-refractivity contribution in [2.45, 2.75) is 23.9 Å². The molecule has 1 aliphatic heterocycles. The molecule has 37 heavy (non-hydrogen) atoms. The summed E-state index contributed by atoms with van der Waals surface area (Å²) in [5, 5.41) is 9.65. The van der Waals surface area contributed by atoms with Crippen LogP contribution in [-0.2, 0) is 15.9 Å². The molecule has 0 aromatic heterocycles. The van der Waals surface area contributed by atoms with Crippen molar-refractivity contribution in [1.29, 1.82) is 0 Å². The fourth-order valence-corrected chi connectivity index (χ4v) is 6.29. The first kappa shape index (κ1) is 24.9. The maximum absolute atomic E-state index is 11.8. The van der Waals surface area contributed by atoms with Crippen molar-refractivity contribution in [3.8, 4) is 0 Å². The standard InChI is InChI=1S/C33H34N2O2/c1-34(26-31(36)37)32(27-14-6-2-7-15-27)22-24-35(25-23-32)33(28-16-8-3-9-17-28,29-18-10-4-11-19-29)30-20-12-5-13-21-30/h2-21H,22-26H2,1H3,(H,36,37). The van der Waals surface area contributed by atoms with E-state index < -0.39 is 11.5 Å². The lowest BCUT2D eigenvalue weighted by molar-refractivity contribution is -0.140. The molecule has 4 aromatic rings. The molecule has 0 atom stereocenters. The Morgan fingerprint density at radius 1 is 0.730 bits per heavy atom. The lowest BCUT2D eigenvalue weighted by Gasteiger charge is -2.53. The summed E-state index contributed by atoms with van der Waals surface area (Å²) >= 11 is 0. The average Bonchev–Trinajstić information content (AvgIpc) is 2.96. The summed E-state index contributed by atoms with van der Waals surface area (Å²) in [6.07, 6.45) is 1.66. The highest BCUT2D eigenvalue weighted by molar-refractivity contribution is 5.69. The number of benzene rings is 4. The molecule has 0 amide bonds. The fraction of sp³-hybridized carbons (Fsp3) is 0.242. The number of carbonyl (C=O) groups is 1. The highest BCUT2D eigenvalue weighted by Crippen LogP contribution is 2.47. The molecule has 1 heterocycles. The molecule has 1 fully saturated rings. The molecule has 0 bridgehead atoms. The van der Waals surface area contributed by atoms with Gasteiger partial charge in [0, 0.05) is 18.6 Å². The third-order valence-corrected chi connectivity index (χ3v) is 8.05. The molecular formula is C33H34N2O2. The molecule has 188 valence electrons. The predicted molar refractivity (Wildman–Crippen MR) is 148 cm³/mol. The lowest BCUT2D eigenvalue weighted by Crippen LogP contribution is -2.58. The number of piperidine rings is 1. The van der Waals surface area contributed by atoms with Gasteiger partial charge in [0.25, 0.3) is 0 Å². The van der Waals surface area contributed by atoms with Gasteiger partial charge in [-0.2, -0.15) is 0 Å². The second kappa shape index (κ2) is 10.7. The third kappa shape index (κ3) is 4.59. The molecular weight excluding hydrogens is 456 g/mol. The SMILES string of the molecule is CN(CC(=O)O)C1(c2ccccc2)CCN(C(c2ccccc2)(c2ccccc2)c2ccccc2)CC1. The van der Waals surface area contributed by atoms with Crippen molar-refractivity contribution >= 4 is 5.97 Å². The number of nitrogens with zero attached hydrogens (tertiary/aromatic N) is 2. The summed E-state index contributed by atoms with van der Waals surface area (Å²) in [5.74, 6) is -0.799. The Labute approximate surface area is 219 Å². The topological polar surface area (TPSA) is 43.8 Å². The Morgan fingerprint density at radius 3 is 1.49 bits per heavy atom. The van der Waals surface area contributed by atoms with E-state index >= 15 is 0 Å². The minimum Gasteiger partial charge on any atom is -0.480 e. The van der Waals surface area contributed by atoms with Crippen molar-refractivity contribution in [2.24, 2.45) is 0 Å². The Morgan fingerprint density at radius 2 is 1.11 bits per heavy atom. The van der Waals surface area contributed by atoms with Crippen LogP contribution in [0.4, 0.5) is 0 Å². The first-order chi connectivity index (χ1) is 18.1. The molecule has 0 unspecified atom stereocenters. The third-order valence-electron chi connectivity index (χ3n) is 8.05. The van der Waals surface area contributed by atoms with Crippen LogP contribution in [0.25, 0.3) is 0 Å². The number of carboxylic acid groups (broad SMARTS) is 1. The normalized spacial score (nSPS) is 15.9. The highest BCUT2D eigenvalue weighted by Gasteiger charge is 2.48. The van der Waals surface area contributed by atoms with Crippen molar-refractivity contribution in [1.82, 2.24) is 9.80 Å². The minimum atomic E-state index is -0.799. The fourth-order valence-electron chi connectivity index (χ4n) is 6.29. The van der Waals surface area contributed by atoms with Gasteiger partial charge in [0.15, 0.2) is 0 Å². The van der Waals surface area contributed by atoms with Gasteiger partial charge in [0.1, 0.15) is 0 Å². The Kier molecular flexibility index (Phi) is 7.22. The van der Waals surface area contributed by atoms with Crippen molar-refractivity contribution in [3.05, 3.63) is 144 Å². The van der Waals surface area contributed by atoms with Crippen LogP contribution in [0.5, 0.6) is 0 Å². The summed E-state index contributed by atoms with van der Waals surface area (Å²) in [5.41, 5.74) is 4.09. The Bertz CT molecular complexity index is 1190. The molecule has 0 spiro atoms. The predicted octanol–water partition coefficient (Wildman–Crippen LogP) is 5.99. The van der Waals surface area contributed by atoms with E-state index in [9.17, 15) is 9.90 Å². The molecule has 5 rings (SSSR count). The van der Waals surface area contributed by atoms with E-state index in [4.69, 9.17) is 0 Å². The van der Waals surface area contributed by atoms with Crippen LogP contribution in [0.2, 0.25) is 0 Å². The smallest absolute Gasteiger partial charge is 0.317 e.